The van der Waals surface area contributed by atoms with E-state index in [-0.39, 0.29) is 17.7 Å². The smallest absolute Gasteiger partial charge is 0.269 e. The van der Waals surface area contributed by atoms with E-state index in [4.69, 9.17) is 11.2 Å². The van der Waals surface area contributed by atoms with Crippen molar-refractivity contribution in [1.29, 1.82) is 0 Å². The molecule has 2 rings (SSSR count). The van der Waals surface area contributed by atoms with Crippen molar-refractivity contribution in [1.82, 2.24) is 15.8 Å². The van der Waals surface area contributed by atoms with E-state index in [0.29, 0.717) is 24.5 Å². The van der Waals surface area contributed by atoms with Crippen LogP contribution in [0, 0.1) is 18.3 Å². The van der Waals surface area contributed by atoms with Crippen molar-refractivity contribution >= 4 is 11.8 Å². The number of amides is 2. The number of piperidine rings is 1. The fraction of sp³-hybridized carbons (Fsp3) is 0.444. The van der Waals surface area contributed by atoms with E-state index in [9.17, 15) is 9.59 Å². The molecule has 1 aromatic rings. The SMILES string of the molecule is C#CCN1CCC(C(=O)NNC(=O)c2ccc(OCC)cc2)CC1. The molecule has 0 aromatic heterocycles. The zero-order chi connectivity index (χ0) is 17.4. The first-order valence-electron chi connectivity index (χ1n) is 8.13. The Labute approximate surface area is 142 Å². The lowest BCUT2D eigenvalue weighted by Gasteiger charge is -2.29. The van der Waals surface area contributed by atoms with Crippen LogP contribution in [0.15, 0.2) is 24.3 Å². The number of hydrogen-bond acceptors (Lipinski definition) is 4. The minimum atomic E-state index is -0.351. The van der Waals surface area contributed by atoms with E-state index in [1.807, 2.05) is 6.92 Å². The van der Waals surface area contributed by atoms with Crippen LogP contribution < -0.4 is 15.6 Å². The molecule has 2 N–H and O–H groups in total. The van der Waals surface area contributed by atoms with Gasteiger partial charge in [0.05, 0.1) is 13.2 Å². The van der Waals surface area contributed by atoms with Gasteiger partial charge in [-0.2, -0.15) is 0 Å². The van der Waals surface area contributed by atoms with Gasteiger partial charge in [-0.15, -0.1) is 6.42 Å². The highest BCUT2D eigenvalue weighted by atomic mass is 16.5. The van der Waals surface area contributed by atoms with E-state index in [2.05, 4.69) is 21.7 Å². The molecule has 2 amide bonds. The van der Waals surface area contributed by atoms with Crippen LogP contribution in [-0.4, -0.2) is 43.0 Å². The van der Waals surface area contributed by atoms with Crippen LogP contribution in [0.1, 0.15) is 30.1 Å². The molecule has 0 bridgehead atoms. The predicted octanol–water partition coefficient (Wildman–Crippen LogP) is 1.19. The first-order valence-corrected chi connectivity index (χ1v) is 8.13. The van der Waals surface area contributed by atoms with Crippen molar-refractivity contribution < 1.29 is 14.3 Å². The number of likely N-dealkylation sites (tertiary alicyclic amines) is 1. The quantitative estimate of drug-likeness (QED) is 0.629. The molecule has 0 saturated carbocycles. The molecule has 0 spiro atoms. The monoisotopic (exact) mass is 329 g/mol. The lowest BCUT2D eigenvalue weighted by Crippen LogP contribution is -2.47. The maximum Gasteiger partial charge on any atom is 0.269 e. The molecular weight excluding hydrogens is 306 g/mol. The number of carbonyl (C=O) groups is 2. The van der Waals surface area contributed by atoms with Gasteiger partial charge in [0, 0.05) is 11.5 Å². The van der Waals surface area contributed by atoms with Crippen LogP contribution in [0.4, 0.5) is 0 Å². The summed E-state index contributed by atoms with van der Waals surface area (Å²) in [4.78, 5) is 26.3. The first-order chi connectivity index (χ1) is 11.6. The van der Waals surface area contributed by atoms with E-state index in [1.165, 1.54) is 0 Å². The van der Waals surface area contributed by atoms with E-state index >= 15 is 0 Å². The van der Waals surface area contributed by atoms with Crippen LogP contribution in [0.2, 0.25) is 0 Å². The molecule has 24 heavy (non-hydrogen) atoms. The van der Waals surface area contributed by atoms with Gasteiger partial charge in [-0.25, -0.2) is 0 Å². The zero-order valence-corrected chi connectivity index (χ0v) is 13.9. The summed E-state index contributed by atoms with van der Waals surface area (Å²) in [5, 5.41) is 0. The average molecular weight is 329 g/mol. The second kappa shape index (κ2) is 8.94. The Hall–Kier alpha value is -2.52. The Kier molecular flexibility index (Phi) is 6.64. The second-order valence-corrected chi connectivity index (χ2v) is 5.66. The highest BCUT2D eigenvalue weighted by Crippen LogP contribution is 2.16. The van der Waals surface area contributed by atoms with Crippen LogP contribution in [0.3, 0.4) is 0 Å². The van der Waals surface area contributed by atoms with Gasteiger partial charge in [-0.3, -0.25) is 25.3 Å². The molecule has 1 heterocycles. The Balaban J connectivity index is 1.77. The van der Waals surface area contributed by atoms with Gasteiger partial charge in [0.25, 0.3) is 5.91 Å². The highest BCUT2D eigenvalue weighted by Gasteiger charge is 2.24. The van der Waals surface area contributed by atoms with Crippen LogP contribution >= 0.6 is 0 Å². The molecule has 6 nitrogen and oxygen atoms in total. The molecular formula is C18H23N3O3. The second-order valence-electron chi connectivity index (χ2n) is 5.66. The molecule has 0 radical (unpaired) electrons. The number of carbonyl (C=O) groups excluding carboxylic acids is 2. The Morgan fingerprint density at radius 3 is 2.50 bits per heavy atom. The van der Waals surface area contributed by atoms with Crippen LogP contribution in [0.5, 0.6) is 5.75 Å². The molecule has 0 atom stereocenters. The number of terminal acetylenes is 1. The number of nitrogens with zero attached hydrogens (tertiary/aromatic N) is 1. The third-order valence-corrected chi connectivity index (χ3v) is 4.00. The molecule has 128 valence electrons. The van der Waals surface area contributed by atoms with Gasteiger partial charge in [0.1, 0.15) is 5.75 Å². The lowest BCUT2D eigenvalue weighted by atomic mass is 9.96. The van der Waals surface area contributed by atoms with Crippen molar-refractivity contribution in [3.8, 4) is 18.1 Å². The van der Waals surface area contributed by atoms with Crippen molar-refractivity contribution in [2.24, 2.45) is 5.92 Å². The Morgan fingerprint density at radius 1 is 1.25 bits per heavy atom. The average Bonchev–Trinajstić information content (AvgIpc) is 2.61. The van der Waals surface area contributed by atoms with Gasteiger partial charge in [-0.05, 0) is 57.1 Å². The molecule has 1 aliphatic heterocycles. The topological polar surface area (TPSA) is 70.7 Å². The Morgan fingerprint density at radius 2 is 1.92 bits per heavy atom. The zero-order valence-electron chi connectivity index (χ0n) is 13.9. The molecule has 6 heteroatoms. The summed E-state index contributed by atoms with van der Waals surface area (Å²) >= 11 is 0. The summed E-state index contributed by atoms with van der Waals surface area (Å²) < 4.78 is 5.33. The predicted molar refractivity (Wildman–Crippen MR) is 91.2 cm³/mol. The van der Waals surface area contributed by atoms with Crippen molar-refractivity contribution in [2.75, 3.05) is 26.2 Å². The maximum atomic E-state index is 12.1. The largest absolute Gasteiger partial charge is 0.494 e. The summed E-state index contributed by atoms with van der Waals surface area (Å²) in [7, 11) is 0. The maximum absolute atomic E-state index is 12.1. The minimum Gasteiger partial charge on any atom is -0.494 e. The molecule has 1 saturated heterocycles. The lowest BCUT2D eigenvalue weighted by molar-refractivity contribution is -0.127. The minimum absolute atomic E-state index is 0.0975. The van der Waals surface area contributed by atoms with Crippen molar-refractivity contribution in [3.63, 3.8) is 0 Å². The fourth-order valence-corrected chi connectivity index (χ4v) is 2.64. The van der Waals surface area contributed by atoms with Gasteiger partial charge in [0.15, 0.2) is 0 Å². The molecule has 0 aliphatic carbocycles. The summed E-state index contributed by atoms with van der Waals surface area (Å²) in [5.74, 6) is 2.71. The summed E-state index contributed by atoms with van der Waals surface area (Å²) in [6.07, 6.45) is 6.77. The van der Waals surface area contributed by atoms with Crippen molar-refractivity contribution in [2.45, 2.75) is 19.8 Å². The Bertz CT molecular complexity index is 599. The number of hydrazine groups is 1. The third kappa shape index (κ3) is 5.00. The molecule has 1 fully saturated rings. The van der Waals surface area contributed by atoms with Gasteiger partial charge in [-0.1, -0.05) is 5.92 Å². The van der Waals surface area contributed by atoms with Crippen LogP contribution in [0.25, 0.3) is 0 Å². The fourth-order valence-electron chi connectivity index (χ4n) is 2.64. The molecule has 1 aromatic carbocycles. The normalized spacial score (nSPS) is 15.3. The number of hydrogen-bond donors (Lipinski definition) is 2. The third-order valence-electron chi connectivity index (χ3n) is 4.00. The van der Waals surface area contributed by atoms with E-state index < -0.39 is 0 Å². The number of benzene rings is 1. The van der Waals surface area contributed by atoms with E-state index in [0.717, 1.165) is 25.9 Å². The number of ether oxygens (including phenoxy) is 1. The highest BCUT2D eigenvalue weighted by molar-refractivity contribution is 5.95. The van der Waals surface area contributed by atoms with E-state index in [1.54, 1.807) is 24.3 Å². The first kappa shape index (κ1) is 17.8. The summed E-state index contributed by atoms with van der Waals surface area (Å²) in [6, 6.07) is 6.76. The molecule has 0 unspecified atom stereocenters. The number of nitrogens with one attached hydrogen (secondary N) is 2. The standard InChI is InChI=1S/C18H23N3O3/c1-3-11-21-12-9-15(10-13-21)18(23)20-19-17(22)14-5-7-16(8-6-14)24-4-2/h1,5-8,15H,4,9-13H2,2H3,(H,19,22)(H,20,23). The van der Waals surface area contributed by atoms with Gasteiger partial charge in [0.2, 0.25) is 5.91 Å². The summed E-state index contributed by atoms with van der Waals surface area (Å²) in [5.41, 5.74) is 5.43. The van der Waals surface area contributed by atoms with Gasteiger partial charge < -0.3 is 4.74 Å². The summed E-state index contributed by atoms with van der Waals surface area (Å²) in [6.45, 7) is 4.68. The number of rotatable bonds is 5. The van der Waals surface area contributed by atoms with Crippen molar-refractivity contribution in [3.05, 3.63) is 29.8 Å². The molecule has 1 aliphatic rings. The van der Waals surface area contributed by atoms with Gasteiger partial charge >= 0.3 is 0 Å². The van der Waals surface area contributed by atoms with Crippen LogP contribution in [-0.2, 0) is 4.79 Å².